The third kappa shape index (κ3) is 7.03. The lowest BCUT2D eigenvalue weighted by molar-refractivity contribution is -0.126. The van der Waals surface area contributed by atoms with Gasteiger partial charge in [0.1, 0.15) is 11.0 Å². The number of nitrogens with one attached hydrogen (secondary N) is 2. The van der Waals surface area contributed by atoms with Crippen LogP contribution in [0.15, 0.2) is 24.3 Å². The molecule has 0 saturated carbocycles. The van der Waals surface area contributed by atoms with Gasteiger partial charge in [0.15, 0.2) is 0 Å². The van der Waals surface area contributed by atoms with E-state index < -0.39 is 6.04 Å². The molecule has 2 atom stereocenters. The first kappa shape index (κ1) is 22.0. The van der Waals surface area contributed by atoms with Crippen molar-refractivity contribution >= 4 is 28.3 Å². The van der Waals surface area contributed by atoms with Gasteiger partial charge in [-0.2, -0.15) is 0 Å². The molecule has 1 aromatic carbocycles. The Hall–Kier alpha value is -2.28. The summed E-state index contributed by atoms with van der Waals surface area (Å²) in [7, 11) is 0. The van der Waals surface area contributed by atoms with Crippen molar-refractivity contribution in [2.45, 2.75) is 60.4 Å². The molecule has 2 unspecified atom stereocenters. The molecule has 1 heterocycles. The molecule has 0 saturated heterocycles. The molecule has 2 rings (SSSR count). The molecule has 0 radical (unpaired) electrons. The summed E-state index contributed by atoms with van der Waals surface area (Å²) in [6.45, 7) is 12.2. The van der Waals surface area contributed by atoms with Crippen molar-refractivity contribution in [1.29, 1.82) is 0 Å². The monoisotopic (exact) mass is 402 g/mol. The number of amides is 2. The number of aryl methyl sites for hydroxylation is 1. The molecule has 2 amide bonds. The van der Waals surface area contributed by atoms with Gasteiger partial charge < -0.3 is 5.32 Å². The predicted octanol–water partition coefficient (Wildman–Crippen LogP) is 4.42. The zero-order valence-electron chi connectivity index (χ0n) is 17.5. The van der Waals surface area contributed by atoms with Gasteiger partial charge in [-0.25, -0.2) is 0 Å². The van der Waals surface area contributed by atoms with Crippen LogP contribution in [0.25, 0.3) is 10.6 Å². The van der Waals surface area contributed by atoms with E-state index in [9.17, 15) is 9.59 Å². The normalized spacial score (nSPS) is 13.6. The van der Waals surface area contributed by atoms with Crippen LogP contribution in [0.2, 0.25) is 0 Å². The molecule has 28 heavy (non-hydrogen) atoms. The fraction of sp³-hybridized carbons (Fsp3) is 0.524. The molecular weight excluding hydrogens is 372 g/mol. The lowest BCUT2D eigenvalue weighted by Crippen LogP contribution is -2.42. The molecule has 1 aromatic heterocycles. The number of nitrogens with zero attached hydrogens (tertiary/aromatic N) is 2. The maximum absolute atomic E-state index is 12.4. The van der Waals surface area contributed by atoms with Crippen molar-refractivity contribution < 1.29 is 9.59 Å². The van der Waals surface area contributed by atoms with Gasteiger partial charge in [-0.3, -0.25) is 14.9 Å². The van der Waals surface area contributed by atoms with Gasteiger partial charge in [-0.15, -0.1) is 10.2 Å². The molecule has 0 fully saturated rings. The van der Waals surface area contributed by atoms with Crippen molar-refractivity contribution in [3.63, 3.8) is 0 Å². The van der Waals surface area contributed by atoms with Gasteiger partial charge in [-0.1, -0.05) is 62.8 Å². The van der Waals surface area contributed by atoms with Gasteiger partial charge in [0.25, 0.3) is 0 Å². The summed E-state index contributed by atoms with van der Waals surface area (Å²) in [5, 5.41) is 14.8. The van der Waals surface area contributed by atoms with Crippen molar-refractivity contribution in [3.05, 3.63) is 29.8 Å². The Balaban J connectivity index is 1.88. The molecule has 0 bridgehead atoms. The lowest BCUT2D eigenvalue weighted by Gasteiger charge is -2.23. The van der Waals surface area contributed by atoms with Crippen LogP contribution in [0.5, 0.6) is 0 Å². The Labute approximate surface area is 171 Å². The minimum atomic E-state index is -0.638. The van der Waals surface area contributed by atoms with E-state index in [-0.39, 0.29) is 23.1 Å². The van der Waals surface area contributed by atoms with E-state index in [1.807, 2.05) is 31.2 Å². The van der Waals surface area contributed by atoms with E-state index >= 15 is 0 Å². The number of anilines is 1. The van der Waals surface area contributed by atoms with E-state index in [2.05, 4.69) is 48.5 Å². The topological polar surface area (TPSA) is 84.0 Å². The lowest BCUT2D eigenvalue weighted by atomic mass is 9.84. The highest BCUT2D eigenvalue weighted by atomic mass is 32.1. The SMILES string of the molecule is Cc1cccc(-c2nnc(NC(=O)C(C)NC(=O)CC(C)CC(C)(C)C)s2)c1. The predicted molar refractivity (Wildman–Crippen MR) is 114 cm³/mol. The average Bonchev–Trinajstić information content (AvgIpc) is 3.01. The maximum Gasteiger partial charge on any atom is 0.248 e. The Morgan fingerprint density at radius 2 is 1.89 bits per heavy atom. The number of rotatable bonds is 7. The highest BCUT2D eigenvalue weighted by Gasteiger charge is 2.21. The van der Waals surface area contributed by atoms with E-state index in [1.54, 1.807) is 6.92 Å². The number of aromatic nitrogens is 2. The molecule has 2 aromatic rings. The van der Waals surface area contributed by atoms with E-state index in [0.717, 1.165) is 22.6 Å². The highest BCUT2D eigenvalue weighted by Crippen LogP contribution is 2.27. The number of hydrogen-bond acceptors (Lipinski definition) is 5. The number of carbonyl (C=O) groups excluding carboxylic acids is 2. The number of hydrogen-bond donors (Lipinski definition) is 2. The summed E-state index contributed by atoms with van der Waals surface area (Å²) in [6.07, 6.45) is 1.36. The molecule has 0 spiro atoms. The quantitative estimate of drug-likeness (QED) is 0.718. The molecule has 0 aliphatic carbocycles. The van der Waals surface area contributed by atoms with Gasteiger partial charge >= 0.3 is 0 Å². The first-order valence-electron chi connectivity index (χ1n) is 9.54. The maximum atomic E-state index is 12.4. The van der Waals surface area contributed by atoms with Gasteiger partial charge in [0.2, 0.25) is 16.9 Å². The standard InChI is InChI=1S/C21H30N4O2S/c1-13-8-7-9-16(10-13)19-24-25-20(28-19)23-18(27)15(3)22-17(26)11-14(2)12-21(4,5)6/h7-10,14-15H,11-12H2,1-6H3,(H,22,26)(H,23,25,27). The number of carbonyl (C=O) groups is 2. The summed E-state index contributed by atoms with van der Waals surface area (Å²) >= 11 is 1.31. The molecule has 152 valence electrons. The molecule has 0 aliphatic heterocycles. The van der Waals surface area contributed by atoms with Crippen molar-refractivity contribution in [2.24, 2.45) is 11.3 Å². The zero-order chi connectivity index (χ0) is 20.9. The Kier molecular flexibility index (Phi) is 7.29. The second-order valence-electron chi connectivity index (χ2n) is 8.63. The molecule has 0 aliphatic rings. The molecule has 7 heteroatoms. The summed E-state index contributed by atoms with van der Waals surface area (Å²) in [5.41, 5.74) is 2.28. The Morgan fingerprint density at radius 1 is 1.18 bits per heavy atom. The Bertz CT molecular complexity index is 826. The van der Waals surface area contributed by atoms with E-state index in [4.69, 9.17) is 0 Å². The van der Waals surface area contributed by atoms with Crippen molar-refractivity contribution in [2.75, 3.05) is 5.32 Å². The summed E-state index contributed by atoms with van der Waals surface area (Å²) in [5.74, 6) is -0.156. The molecular formula is C21H30N4O2S. The Morgan fingerprint density at radius 3 is 2.54 bits per heavy atom. The van der Waals surface area contributed by atoms with Crippen molar-refractivity contribution in [3.8, 4) is 10.6 Å². The smallest absolute Gasteiger partial charge is 0.248 e. The first-order valence-corrected chi connectivity index (χ1v) is 10.4. The van der Waals surface area contributed by atoms with Crippen LogP contribution in [-0.2, 0) is 9.59 Å². The van der Waals surface area contributed by atoms with E-state index in [1.165, 1.54) is 11.3 Å². The minimum absolute atomic E-state index is 0.114. The van der Waals surface area contributed by atoms with E-state index in [0.29, 0.717) is 11.6 Å². The molecule has 2 N–H and O–H groups in total. The second kappa shape index (κ2) is 9.28. The third-order valence-corrected chi connectivity index (χ3v) is 5.07. The average molecular weight is 403 g/mol. The van der Waals surface area contributed by atoms with Crippen LogP contribution >= 0.6 is 11.3 Å². The first-order chi connectivity index (χ1) is 13.0. The van der Waals surface area contributed by atoms with Gasteiger partial charge in [0.05, 0.1) is 0 Å². The summed E-state index contributed by atoms with van der Waals surface area (Å²) < 4.78 is 0. The number of benzene rings is 1. The summed E-state index contributed by atoms with van der Waals surface area (Å²) in [4.78, 5) is 24.6. The fourth-order valence-electron chi connectivity index (χ4n) is 3.18. The highest BCUT2D eigenvalue weighted by molar-refractivity contribution is 7.18. The zero-order valence-corrected chi connectivity index (χ0v) is 18.3. The van der Waals surface area contributed by atoms with Gasteiger partial charge in [0, 0.05) is 12.0 Å². The summed E-state index contributed by atoms with van der Waals surface area (Å²) in [6, 6.07) is 7.32. The van der Waals surface area contributed by atoms with Crippen LogP contribution < -0.4 is 10.6 Å². The second-order valence-corrected chi connectivity index (χ2v) is 9.61. The van der Waals surface area contributed by atoms with Crippen molar-refractivity contribution in [1.82, 2.24) is 15.5 Å². The largest absolute Gasteiger partial charge is 0.345 e. The van der Waals surface area contributed by atoms with Crippen LogP contribution in [0.3, 0.4) is 0 Å². The van der Waals surface area contributed by atoms with Crippen LogP contribution in [0, 0.1) is 18.3 Å². The van der Waals surface area contributed by atoms with Crippen LogP contribution in [0.4, 0.5) is 5.13 Å². The van der Waals surface area contributed by atoms with Crippen LogP contribution in [0.1, 0.15) is 53.0 Å². The third-order valence-electron chi connectivity index (χ3n) is 4.19. The fourth-order valence-corrected chi connectivity index (χ4v) is 3.93. The molecule has 6 nitrogen and oxygen atoms in total. The minimum Gasteiger partial charge on any atom is -0.345 e. The van der Waals surface area contributed by atoms with Crippen LogP contribution in [-0.4, -0.2) is 28.1 Å². The van der Waals surface area contributed by atoms with Gasteiger partial charge in [-0.05, 0) is 37.7 Å².